The van der Waals surface area contributed by atoms with Gasteiger partial charge in [-0.15, -0.1) is 23.7 Å². The molecule has 1 unspecified atom stereocenters. The van der Waals surface area contributed by atoms with Gasteiger partial charge >= 0.3 is 0 Å². The second kappa shape index (κ2) is 6.39. The second-order valence-corrected chi connectivity index (χ2v) is 5.21. The minimum absolute atomic E-state index is 0. The van der Waals surface area contributed by atoms with Crippen LogP contribution in [0.3, 0.4) is 0 Å². The van der Waals surface area contributed by atoms with Gasteiger partial charge in [0.1, 0.15) is 0 Å². The molecule has 1 saturated heterocycles. The van der Waals surface area contributed by atoms with E-state index in [1.54, 1.807) is 11.3 Å². The number of halogens is 1. The first-order chi connectivity index (χ1) is 7.28. The van der Waals surface area contributed by atoms with Crippen LogP contribution in [0.4, 0.5) is 5.13 Å². The van der Waals surface area contributed by atoms with Crippen LogP contribution in [0.25, 0.3) is 0 Å². The molecule has 16 heavy (non-hydrogen) atoms. The minimum atomic E-state index is 0. The fourth-order valence-electron chi connectivity index (χ4n) is 2.09. The average Bonchev–Trinajstić information content (AvgIpc) is 2.78. The first kappa shape index (κ1) is 13.7. The Kier molecular flexibility index (Phi) is 5.48. The van der Waals surface area contributed by atoms with Crippen molar-refractivity contribution in [2.45, 2.75) is 19.4 Å². The number of aliphatic hydroxyl groups excluding tert-OH is 1. The van der Waals surface area contributed by atoms with Crippen molar-refractivity contribution in [1.29, 1.82) is 0 Å². The Morgan fingerprint density at radius 2 is 2.44 bits per heavy atom. The van der Waals surface area contributed by atoms with Gasteiger partial charge in [0.15, 0.2) is 5.13 Å². The lowest BCUT2D eigenvalue weighted by molar-refractivity contribution is 0.250. The molecule has 0 spiro atoms. The number of likely N-dealkylation sites (tertiary alicyclic amines) is 1. The van der Waals surface area contributed by atoms with E-state index in [4.69, 9.17) is 10.8 Å². The second-order valence-electron chi connectivity index (χ2n) is 4.07. The normalized spacial score (nSPS) is 20.9. The van der Waals surface area contributed by atoms with E-state index in [0.29, 0.717) is 17.7 Å². The molecule has 4 nitrogen and oxygen atoms in total. The maximum atomic E-state index is 8.86. The standard InChI is InChI=1S/C10H17N3OS.ClH/c11-10-12-5-9(15-10)7-13-3-1-8(6-13)2-4-14;/h5,8,14H,1-4,6-7H2,(H2,11,12);1H. The fraction of sp³-hybridized carbons (Fsp3) is 0.700. The zero-order valence-electron chi connectivity index (χ0n) is 9.13. The predicted molar refractivity (Wildman–Crippen MR) is 68.9 cm³/mol. The van der Waals surface area contributed by atoms with Crippen LogP contribution in [0.2, 0.25) is 0 Å². The largest absolute Gasteiger partial charge is 0.396 e. The van der Waals surface area contributed by atoms with Gasteiger partial charge in [-0.05, 0) is 25.3 Å². The van der Waals surface area contributed by atoms with Crippen molar-refractivity contribution in [3.8, 4) is 0 Å². The van der Waals surface area contributed by atoms with Crippen LogP contribution < -0.4 is 5.73 Å². The molecule has 92 valence electrons. The topological polar surface area (TPSA) is 62.4 Å². The van der Waals surface area contributed by atoms with Gasteiger partial charge in [0, 0.05) is 30.8 Å². The van der Waals surface area contributed by atoms with E-state index in [-0.39, 0.29) is 12.4 Å². The summed E-state index contributed by atoms with van der Waals surface area (Å²) in [4.78, 5) is 7.69. The lowest BCUT2D eigenvalue weighted by Crippen LogP contribution is -2.19. The van der Waals surface area contributed by atoms with Gasteiger partial charge in [-0.25, -0.2) is 4.98 Å². The van der Waals surface area contributed by atoms with Gasteiger partial charge in [-0.3, -0.25) is 4.90 Å². The van der Waals surface area contributed by atoms with Crippen LogP contribution in [-0.2, 0) is 6.54 Å². The lowest BCUT2D eigenvalue weighted by atomic mass is 10.1. The van der Waals surface area contributed by atoms with Crippen LogP contribution in [0.15, 0.2) is 6.20 Å². The number of aromatic nitrogens is 1. The van der Waals surface area contributed by atoms with Gasteiger partial charge in [0.2, 0.25) is 0 Å². The summed E-state index contributed by atoms with van der Waals surface area (Å²) in [6.07, 6.45) is 4.00. The Morgan fingerprint density at radius 3 is 3.06 bits per heavy atom. The molecule has 1 atom stereocenters. The van der Waals surface area contributed by atoms with Crippen LogP contribution in [0, 0.1) is 5.92 Å². The Morgan fingerprint density at radius 1 is 1.62 bits per heavy atom. The highest BCUT2D eigenvalue weighted by atomic mass is 35.5. The molecule has 1 aromatic rings. The summed E-state index contributed by atoms with van der Waals surface area (Å²) < 4.78 is 0. The van der Waals surface area contributed by atoms with E-state index < -0.39 is 0 Å². The van der Waals surface area contributed by atoms with Gasteiger partial charge in [0.05, 0.1) is 0 Å². The SMILES string of the molecule is Cl.Nc1ncc(CN2CCC(CCO)C2)s1. The molecule has 1 aliphatic heterocycles. The van der Waals surface area contributed by atoms with Gasteiger partial charge < -0.3 is 10.8 Å². The smallest absolute Gasteiger partial charge is 0.180 e. The summed E-state index contributed by atoms with van der Waals surface area (Å²) in [7, 11) is 0. The van der Waals surface area contributed by atoms with E-state index in [2.05, 4.69) is 9.88 Å². The molecule has 2 heterocycles. The van der Waals surface area contributed by atoms with E-state index in [9.17, 15) is 0 Å². The van der Waals surface area contributed by atoms with Gasteiger partial charge in [-0.1, -0.05) is 0 Å². The number of nitrogens with two attached hydrogens (primary N) is 1. The Balaban J connectivity index is 0.00000128. The van der Waals surface area contributed by atoms with E-state index in [1.165, 1.54) is 11.3 Å². The highest BCUT2D eigenvalue weighted by molar-refractivity contribution is 7.15. The van der Waals surface area contributed by atoms with Crippen LogP contribution in [0.1, 0.15) is 17.7 Å². The van der Waals surface area contributed by atoms with Crippen molar-refractivity contribution in [2.75, 3.05) is 25.4 Å². The van der Waals surface area contributed by atoms with Crippen molar-refractivity contribution in [2.24, 2.45) is 5.92 Å². The first-order valence-electron chi connectivity index (χ1n) is 5.31. The average molecular weight is 264 g/mol. The third kappa shape index (κ3) is 3.59. The molecule has 1 aliphatic rings. The molecule has 0 amide bonds. The number of thiazole rings is 1. The summed E-state index contributed by atoms with van der Waals surface area (Å²) in [6.45, 7) is 3.49. The minimum Gasteiger partial charge on any atom is -0.396 e. The quantitative estimate of drug-likeness (QED) is 0.861. The number of nitrogens with zero attached hydrogens (tertiary/aromatic N) is 2. The van der Waals surface area contributed by atoms with Crippen molar-refractivity contribution in [1.82, 2.24) is 9.88 Å². The molecular formula is C10H18ClN3OS. The monoisotopic (exact) mass is 263 g/mol. The molecule has 3 N–H and O–H groups in total. The number of anilines is 1. The van der Waals surface area contributed by atoms with E-state index in [0.717, 1.165) is 26.1 Å². The zero-order chi connectivity index (χ0) is 10.7. The summed E-state index contributed by atoms with van der Waals surface area (Å²) in [5.41, 5.74) is 5.58. The number of nitrogen functional groups attached to an aromatic ring is 1. The van der Waals surface area contributed by atoms with Crippen molar-refractivity contribution >= 4 is 28.9 Å². The highest BCUT2D eigenvalue weighted by Gasteiger charge is 2.22. The van der Waals surface area contributed by atoms with E-state index in [1.807, 2.05) is 6.20 Å². The van der Waals surface area contributed by atoms with Crippen LogP contribution in [-0.4, -0.2) is 34.7 Å². The predicted octanol–water partition coefficient (Wildman–Crippen LogP) is 1.35. The Labute approximate surface area is 106 Å². The number of rotatable bonds is 4. The number of hydrogen-bond acceptors (Lipinski definition) is 5. The molecule has 0 aliphatic carbocycles. The molecular weight excluding hydrogens is 246 g/mol. The summed E-state index contributed by atoms with van der Waals surface area (Å²) >= 11 is 1.56. The van der Waals surface area contributed by atoms with Gasteiger partial charge in [-0.2, -0.15) is 0 Å². The number of aliphatic hydroxyl groups is 1. The van der Waals surface area contributed by atoms with Crippen molar-refractivity contribution in [3.63, 3.8) is 0 Å². The first-order valence-corrected chi connectivity index (χ1v) is 6.13. The molecule has 0 saturated carbocycles. The Hall–Kier alpha value is -0.360. The molecule has 1 aromatic heterocycles. The highest BCUT2D eigenvalue weighted by Crippen LogP contribution is 2.23. The fourth-order valence-corrected chi connectivity index (χ4v) is 2.82. The summed E-state index contributed by atoms with van der Waals surface area (Å²) in [5, 5.41) is 9.51. The molecule has 1 fully saturated rings. The molecule has 2 rings (SSSR count). The van der Waals surface area contributed by atoms with E-state index >= 15 is 0 Å². The van der Waals surface area contributed by atoms with Crippen LogP contribution in [0.5, 0.6) is 0 Å². The lowest BCUT2D eigenvalue weighted by Gasteiger charge is -2.13. The van der Waals surface area contributed by atoms with Crippen LogP contribution >= 0.6 is 23.7 Å². The van der Waals surface area contributed by atoms with Gasteiger partial charge in [0.25, 0.3) is 0 Å². The number of hydrogen-bond donors (Lipinski definition) is 2. The van der Waals surface area contributed by atoms with Crippen molar-refractivity contribution in [3.05, 3.63) is 11.1 Å². The molecule has 6 heteroatoms. The molecule has 0 bridgehead atoms. The van der Waals surface area contributed by atoms with Crippen molar-refractivity contribution < 1.29 is 5.11 Å². The third-order valence-electron chi connectivity index (χ3n) is 2.86. The zero-order valence-corrected chi connectivity index (χ0v) is 10.8. The third-order valence-corrected chi connectivity index (χ3v) is 3.67. The summed E-state index contributed by atoms with van der Waals surface area (Å²) in [5.74, 6) is 0.667. The summed E-state index contributed by atoms with van der Waals surface area (Å²) in [6, 6.07) is 0. The molecule has 0 radical (unpaired) electrons. The maximum Gasteiger partial charge on any atom is 0.180 e. The maximum absolute atomic E-state index is 8.86. The molecule has 0 aromatic carbocycles. The Bertz CT molecular complexity index is 321.